The summed E-state index contributed by atoms with van der Waals surface area (Å²) in [5.74, 6) is 0.785. The molecule has 0 aliphatic rings. The van der Waals surface area contributed by atoms with Crippen molar-refractivity contribution in [2.75, 3.05) is 5.75 Å². The van der Waals surface area contributed by atoms with E-state index in [4.69, 9.17) is 5.73 Å². The monoisotopic (exact) mass is 267 g/mol. The third-order valence-corrected chi connectivity index (χ3v) is 5.27. The van der Waals surface area contributed by atoms with Crippen LogP contribution in [0.15, 0.2) is 30.3 Å². The van der Waals surface area contributed by atoms with Crippen LogP contribution in [0.5, 0.6) is 0 Å². The van der Waals surface area contributed by atoms with Crippen molar-refractivity contribution in [2.24, 2.45) is 5.73 Å². The minimum absolute atomic E-state index is 0.0734. The molecule has 1 rings (SSSR count). The number of nitrogens with two attached hydrogens (primary N) is 1. The molecule has 1 aromatic rings. The molecule has 0 radical (unpaired) electrons. The van der Waals surface area contributed by atoms with Gasteiger partial charge in [0.2, 0.25) is 0 Å². The van der Waals surface area contributed by atoms with E-state index in [-0.39, 0.29) is 11.3 Å². The summed E-state index contributed by atoms with van der Waals surface area (Å²) in [7, 11) is -0.815. The predicted molar refractivity (Wildman–Crippen MR) is 80.0 cm³/mol. The second-order valence-corrected chi connectivity index (χ2v) is 6.45. The average Bonchev–Trinajstić information content (AvgIpc) is 2.41. The van der Waals surface area contributed by atoms with Gasteiger partial charge in [-0.05, 0) is 18.4 Å². The van der Waals surface area contributed by atoms with E-state index in [2.05, 4.69) is 13.8 Å². The molecule has 0 aliphatic carbocycles. The lowest BCUT2D eigenvalue weighted by Crippen LogP contribution is -2.31. The maximum Gasteiger partial charge on any atom is 0.0538 e. The number of rotatable bonds is 8. The number of hydrogen-bond acceptors (Lipinski definition) is 2. The number of benzene rings is 1. The van der Waals surface area contributed by atoms with Gasteiger partial charge >= 0.3 is 0 Å². The first-order valence-corrected chi connectivity index (χ1v) is 8.26. The summed E-state index contributed by atoms with van der Waals surface area (Å²) in [6, 6.07) is 9.89. The molecule has 0 heterocycles. The third kappa shape index (κ3) is 4.54. The molecule has 3 heteroatoms. The summed E-state index contributed by atoms with van der Waals surface area (Å²) in [5, 5.41) is 0.0734. The van der Waals surface area contributed by atoms with Crippen molar-refractivity contribution in [3.05, 3.63) is 35.9 Å². The van der Waals surface area contributed by atoms with Crippen LogP contribution in [0.3, 0.4) is 0 Å². The highest BCUT2D eigenvalue weighted by Crippen LogP contribution is 2.21. The number of hydrogen-bond donors (Lipinski definition) is 1. The molecule has 3 unspecified atom stereocenters. The van der Waals surface area contributed by atoms with E-state index in [0.29, 0.717) is 0 Å². The van der Waals surface area contributed by atoms with E-state index in [0.717, 1.165) is 30.6 Å². The molecule has 3 atom stereocenters. The highest BCUT2D eigenvalue weighted by atomic mass is 32.2. The zero-order valence-electron chi connectivity index (χ0n) is 11.5. The van der Waals surface area contributed by atoms with Crippen LogP contribution < -0.4 is 5.73 Å². The Morgan fingerprint density at radius 2 is 1.83 bits per heavy atom. The molecule has 0 fully saturated rings. The molecule has 2 nitrogen and oxygen atoms in total. The smallest absolute Gasteiger partial charge is 0.0538 e. The lowest BCUT2D eigenvalue weighted by molar-refractivity contribution is 0.608. The summed E-state index contributed by atoms with van der Waals surface area (Å²) >= 11 is 0. The van der Waals surface area contributed by atoms with Crippen LogP contribution in [0, 0.1) is 0 Å². The Labute approximate surface area is 113 Å². The average molecular weight is 267 g/mol. The van der Waals surface area contributed by atoms with Gasteiger partial charge in [-0.1, -0.05) is 57.0 Å². The third-order valence-electron chi connectivity index (χ3n) is 3.27. The number of unbranched alkanes of at least 4 members (excludes halogenated alkanes) is 2. The maximum atomic E-state index is 12.3. The van der Waals surface area contributed by atoms with Crippen LogP contribution in [-0.2, 0) is 10.8 Å². The van der Waals surface area contributed by atoms with E-state index < -0.39 is 10.8 Å². The molecule has 2 N–H and O–H groups in total. The van der Waals surface area contributed by atoms with Gasteiger partial charge in [0.05, 0.1) is 5.25 Å². The van der Waals surface area contributed by atoms with Gasteiger partial charge in [0.25, 0.3) is 0 Å². The summed E-state index contributed by atoms with van der Waals surface area (Å²) in [5.41, 5.74) is 7.35. The fourth-order valence-corrected chi connectivity index (χ4v) is 3.79. The van der Waals surface area contributed by atoms with Gasteiger partial charge in [0, 0.05) is 22.6 Å². The van der Waals surface area contributed by atoms with Crippen molar-refractivity contribution in [1.82, 2.24) is 0 Å². The van der Waals surface area contributed by atoms with E-state index in [9.17, 15) is 4.21 Å². The maximum absolute atomic E-state index is 12.3. The summed E-state index contributed by atoms with van der Waals surface area (Å²) in [6.07, 6.45) is 4.23. The molecule has 18 heavy (non-hydrogen) atoms. The molecule has 102 valence electrons. The molecule has 0 saturated heterocycles. The van der Waals surface area contributed by atoms with Gasteiger partial charge in [0.1, 0.15) is 0 Å². The fourth-order valence-electron chi connectivity index (χ4n) is 2.14. The topological polar surface area (TPSA) is 43.1 Å². The Kier molecular flexibility index (Phi) is 7.21. The molecule has 0 amide bonds. The van der Waals surface area contributed by atoms with Gasteiger partial charge in [-0.3, -0.25) is 4.21 Å². The van der Waals surface area contributed by atoms with E-state index in [1.807, 2.05) is 30.3 Å². The van der Waals surface area contributed by atoms with E-state index in [1.165, 1.54) is 6.42 Å². The normalized spacial score (nSPS) is 16.2. The second-order valence-electron chi connectivity index (χ2n) is 4.68. The Hall–Kier alpha value is -0.670. The largest absolute Gasteiger partial charge is 0.323 e. The standard InChI is InChI=1S/C15H25NOS/c1-3-5-9-12-18(17)14(4-2)15(16)13-10-7-6-8-11-13/h6-8,10-11,14-15H,3-5,9,12,16H2,1-2H3. The molecular formula is C15H25NOS. The Morgan fingerprint density at radius 1 is 1.17 bits per heavy atom. The lowest BCUT2D eigenvalue weighted by Gasteiger charge is -2.22. The zero-order valence-corrected chi connectivity index (χ0v) is 12.3. The van der Waals surface area contributed by atoms with Crippen LogP contribution in [0.1, 0.15) is 51.1 Å². The molecular weight excluding hydrogens is 242 g/mol. The van der Waals surface area contributed by atoms with Gasteiger partial charge in [-0.25, -0.2) is 0 Å². The summed E-state index contributed by atoms with van der Waals surface area (Å²) in [6.45, 7) is 4.24. The van der Waals surface area contributed by atoms with E-state index in [1.54, 1.807) is 0 Å². The first-order valence-electron chi connectivity index (χ1n) is 6.88. The highest BCUT2D eigenvalue weighted by molar-refractivity contribution is 7.85. The van der Waals surface area contributed by atoms with Crippen molar-refractivity contribution in [3.8, 4) is 0 Å². The second kappa shape index (κ2) is 8.44. The van der Waals surface area contributed by atoms with Crippen LogP contribution in [0.25, 0.3) is 0 Å². The van der Waals surface area contributed by atoms with Crippen molar-refractivity contribution < 1.29 is 4.21 Å². The SMILES string of the molecule is CCCCCS(=O)C(CC)C(N)c1ccccc1. The zero-order chi connectivity index (χ0) is 13.4. The highest BCUT2D eigenvalue weighted by Gasteiger charge is 2.23. The minimum atomic E-state index is -0.815. The van der Waals surface area contributed by atoms with Crippen molar-refractivity contribution >= 4 is 10.8 Å². The van der Waals surface area contributed by atoms with Gasteiger partial charge in [0.15, 0.2) is 0 Å². The summed E-state index contributed by atoms with van der Waals surface area (Å²) in [4.78, 5) is 0. The fraction of sp³-hybridized carbons (Fsp3) is 0.600. The molecule has 0 spiro atoms. The Bertz CT molecular complexity index is 353. The minimum Gasteiger partial charge on any atom is -0.323 e. The van der Waals surface area contributed by atoms with Crippen LogP contribution in [0.2, 0.25) is 0 Å². The summed E-state index contributed by atoms with van der Waals surface area (Å²) < 4.78 is 12.3. The molecule has 0 saturated carbocycles. The van der Waals surface area contributed by atoms with Crippen molar-refractivity contribution in [2.45, 2.75) is 50.8 Å². The quantitative estimate of drug-likeness (QED) is 0.734. The molecule has 1 aromatic carbocycles. The van der Waals surface area contributed by atoms with E-state index >= 15 is 0 Å². The molecule has 0 aromatic heterocycles. The molecule has 0 aliphatic heterocycles. The van der Waals surface area contributed by atoms with Crippen LogP contribution >= 0.6 is 0 Å². The first-order chi connectivity index (χ1) is 8.70. The van der Waals surface area contributed by atoms with Crippen LogP contribution in [-0.4, -0.2) is 15.2 Å². The van der Waals surface area contributed by atoms with Gasteiger partial charge < -0.3 is 5.73 Å². The first kappa shape index (κ1) is 15.4. The van der Waals surface area contributed by atoms with Gasteiger partial charge in [-0.15, -0.1) is 0 Å². The van der Waals surface area contributed by atoms with Gasteiger partial charge in [-0.2, -0.15) is 0 Å². The van der Waals surface area contributed by atoms with Crippen molar-refractivity contribution in [3.63, 3.8) is 0 Å². The Morgan fingerprint density at radius 3 is 2.39 bits per heavy atom. The predicted octanol–water partition coefficient (Wildman–Crippen LogP) is 3.40. The Balaban J connectivity index is 2.62. The lowest BCUT2D eigenvalue weighted by atomic mass is 10.0. The molecule has 0 bridgehead atoms. The van der Waals surface area contributed by atoms with Crippen LogP contribution in [0.4, 0.5) is 0 Å². The van der Waals surface area contributed by atoms with Crippen molar-refractivity contribution in [1.29, 1.82) is 0 Å².